The number of hydrogen-bond acceptors (Lipinski definition) is 2. The van der Waals surface area contributed by atoms with Crippen molar-refractivity contribution in [3.05, 3.63) is 63.9 Å². The van der Waals surface area contributed by atoms with Gasteiger partial charge < -0.3 is 5.32 Å². The van der Waals surface area contributed by atoms with E-state index in [0.717, 1.165) is 23.4 Å². The average molecular weight is 321 g/mol. The average Bonchev–Trinajstić information content (AvgIpc) is 2.46. The van der Waals surface area contributed by atoms with Gasteiger partial charge in [-0.25, -0.2) is 4.98 Å². The predicted octanol–water partition coefficient (Wildman–Crippen LogP) is 4.06. The summed E-state index contributed by atoms with van der Waals surface area (Å²) in [7, 11) is 0. The molecule has 0 spiro atoms. The normalized spacial score (nSPS) is 20.7. The third-order valence-corrected chi connectivity index (χ3v) is 4.54. The molecule has 0 saturated heterocycles. The summed E-state index contributed by atoms with van der Waals surface area (Å²) in [5, 5.41) is 4.00. The Labute approximate surface area is 133 Å². The van der Waals surface area contributed by atoms with Gasteiger partial charge >= 0.3 is 0 Å². The summed E-state index contributed by atoms with van der Waals surface area (Å²) in [6, 6.07) is 11.2. The molecule has 2 aromatic rings. The summed E-state index contributed by atoms with van der Waals surface area (Å²) in [5.41, 5.74) is 1.50. The van der Waals surface area contributed by atoms with E-state index in [1.54, 1.807) is 18.3 Å². The van der Waals surface area contributed by atoms with Crippen molar-refractivity contribution in [2.24, 2.45) is 0 Å². The summed E-state index contributed by atoms with van der Waals surface area (Å²) >= 11 is 12.2. The number of halogens is 2. The maximum Gasteiger partial charge on any atom is 0.254 e. The monoisotopic (exact) mass is 320 g/mol. The second-order valence-corrected chi connectivity index (χ2v) is 5.89. The molecular formula is C16H14Cl2N2O. The highest BCUT2D eigenvalue weighted by Crippen LogP contribution is 2.40. The van der Waals surface area contributed by atoms with Crippen molar-refractivity contribution in [1.29, 1.82) is 0 Å². The molecule has 1 saturated carbocycles. The second-order valence-electron chi connectivity index (χ2n) is 5.13. The minimum absolute atomic E-state index is 0.0914. The van der Waals surface area contributed by atoms with Gasteiger partial charge in [0.1, 0.15) is 5.15 Å². The summed E-state index contributed by atoms with van der Waals surface area (Å²) in [4.78, 5) is 16.2. The molecule has 1 aliphatic rings. The number of amides is 1. The van der Waals surface area contributed by atoms with Gasteiger partial charge in [0.2, 0.25) is 0 Å². The fourth-order valence-corrected chi connectivity index (χ4v) is 3.10. The third kappa shape index (κ3) is 2.89. The lowest BCUT2D eigenvalue weighted by Crippen LogP contribution is -2.45. The van der Waals surface area contributed by atoms with E-state index in [1.165, 1.54) is 0 Å². The number of nitrogens with zero attached hydrogens (tertiary/aromatic N) is 1. The van der Waals surface area contributed by atoms with E-state index in [-0.39, 0.29) is 23.0 Å². The quantitative estimate of drug-likeness (QED) is 0.866. The zero-order valence-electron chi connectivity index (χ0n) is 11.2. The van der Waals surface area contributed by atoms with Crippen LogP contribution in [0.1, 0.15) is 34.7 Å². The van der Waals surface area contributed by atoms with Gasteiger partial charge in [-0.2, -0.15) is 0 Å². The van der Waals surface area contributed by atoms with Crippen molar-refractivity contribution in [1.82, 2.24) is 10.3 Å². The molecule has 3 rings (SSSR count). The Hall–Kier alpha value is -1.58. The van der Waals surface area contributed by atoms with Crippen LogP contribution in [0.2, 0.25) is 10.2 Å². The largest absolute Gasteiger partial charge is 0.349 e. The maximum absolute atomic E-state index is 12.3. The van der Waals surface area contributed by atoms with E-state index in [9.17, 15) is 4.79 Å². The van der Waals surface area contributed by atoms with Gasteiger partial charge in [0.05, 0.1) is 5.56 Å². The van der Waals surface area contributed by atoms with Crippen LogP contribution in [0, 0.1) is 0 Å². The first-order chi connectivity index (χ1) is 10.2. The molecule has 0 aliphatic heterocycles. The van der Waals surface area contributed by atoms with Crippen LogP contribution in [0.15, 0.2) is 42.6 Å². The first-order valence-electron chi connectivity index (χ1n) is 6.82. The van der Waals surface area contributed by atoms with Gasteiger partial charge in [-0.05, 0) is 36.6 Å². The molecule has 21 heavy (non-hydrogen) atoms. The van der Waals surface area contributed by atoms with Crippen LogP contribution in [0.4, 0.5) is 0 Å². The van der Waals surface area contributed by atoms with E-state index in [4.69, 9.17) is 23.2 Å². The number of benzene rings is 1. The molecule has 2 atom stereocenters. The van der Waals surface area contributed by atoms with Crippen molar-refractivity contribution in [3.8, 4) is 0 Å². The predicted molar refractivity (Wildman–Crippen MR) is 83.9 cm³/mol. The number of carbonyl (C=O) groups is 1. The van der Waals surface area contributed by atoms with Crippen LogP contribution in [-0.2, 0) is 0 Å². The molecule has 1 fully saturated rings. The number of nitrogens with one attached hydrogen (secondary N) is 1. The van der Waals surface area contributed by atoms with E-state index in [0.29, 0.717) is 5.56 Å². The fourth-order valence-electron chi connectivity index (χ4n) is 2.62. The zero-order chi connectivity index (χ0) is 14.8. The van der Waals surface area contributed by atoms with Crippen molar-refractivity contribution in [3.63, 3.8) is 0 Å². The minimum atomic E-state index is -0.185. The van der Waals surface area contributed by atoms with Gasteiger partial charge in [-0.15, -0.1) is 0 Å². The van der Waals surface area contributed by atoms with E-state index in [1.807, 2.05) is 24.3 Å². The highest BCUT2D eigenvalue weighted by atomic mass is 35.5. The lowest BCUT2D eigenvalue weighted by Gasteiger charge is -2.38. The Kier molecular flexibility index (Phi) is 4.13. The van der Waals surface area contributed by atoms with Crippen LogP contribution in [0.25, 0.3) is 0 Å². The number of rotatable bonds is 3. The molecule has 5 heteroatoms. The van der Waals surface area contributed by atoms with Crippen LogP contribution < -0.4 is 5.32 Å². The van der Waals surface area contributed by atoms with Gasteiger partial charge in [-0.1, -0.05) is 41.4 Å². The maximum atomic E-state index is 12.3. The van der Waals surface area contributed by atoms with Crippen LogP contribution in [0.5, 0.6) is 0 Å². The highest BCUT2D eigenvalue weighted by Gasteiger charge is 2.34. The number of pyridine rings is 1. The minimum Gasteiger partial charge on any atom is -0.349 e. The molecule has 0 unspecified atom stereocenters. The second kappa shape index (κ2) is 6.04. The molecule has 1 amide bonds. The van der Waals surface area contributed by atoms with E-state index < -0.39 is 0 Å². The lowest BCUT2D eigenvalue weighted by atomic mass is 9.75. The van der Waals surface area contributed by atoms with E-state index >= 15 is 0 Å². The van der Waals surface area contributed by atoms with Crippen molar-refractivity contribution in [2.45, 2.75) is 24.8 Å². The number of carbonyl (C=O) groups excluding carboxylic acids is 1. The standard InChI is InChI=1S/C16H14Cl2N2O/c17-13-6-2-1-4-10(13)11-7-8-14(11)20-16(21)12-5-3-9-19-15(12)18/h1-6,9,11,14H,7-8H2,(H,20,21)/t11-,14-/m1/s1. The van der Waals surface area contributed by atoms with Crippen molar-refractivity contribution < 1.29 is 4.79 Å². The highest BCUT2D eigenvalue weighted by molar-refractivity contribution is 6.32. The first kappa shape index (κ1) is 14.4. The van der Waals surface area contributed by atoms with Gasteiger partial charge in [0, 0.05) is 23.2 Å². The summed E-state index contributed by atoms with van der Waals surface area (Å²) in [6.45, 7) is 0. The molecule has 0 radical (unpaired) electrons. The number of aromatic nitrogens is 1. The van der Waals surface area contributed by atoms with Gasteiger partial charge in [0.15, 0.2) is 0 Å². The Bertz CT molecular complexity index is 675. The molecule has 108 valence electrons. The SMILES string of the molecule is O=C(N[C@@H]1CC[C@@H]1c1ccccc1Cl)c1cccnc1Cl. The fraction of sp³-hybridized carbons (Fsp3) is 0.250. The lowest BCUT2D eigenvalue weighted by molar-refractivity contribution is 0.0904. The smallest absolute Gasteiger partial charge is 0.254 e. The summed E-state index contributed by atoms with van der Waals surface area (Å²) in [5.74, 6) is 0.0768. The van der Waals surface area contributed by atoms with Crippen molar-refractivity contribution in [2.75, 3.05) is 0 Å². The third-order valence-electron chi connectivity index (χ3n) is 3.90. The molecule has 1 heterocycles. The Morgan fingerprint density at radius 2 is 1.95 bits per heavy atom. The van der Waals surface area contributed by atoms with Crippen LogP contribution in [-0.4, -0.2) is 16.9 Å². The molecular weight excluding hydrogens is 307 g/mol. The number of hydrogen-bond donors (Lipinski definition) is 1. The summed E-state index contributed by atoms with van der Waals surface area (Å²) in [6.07, 6.45) is 3.53. The molecule has 3 nitrogen and oxygen atoms in total. The Morgan fingerprint density at radius 3 is 2.62 bits per heavy atom. The van der Waals surface area contributed by atoms with Crippen molar-refractivity contribution >= 4 is 29.1 Å². The Balaban J connectivity index is 1.73. The molecule has 1 N–H and O–H groups in total. The van der Waals surface area contributed by atoms with Crippen LogP contribution >= 0.6 is 23.2 Å². The topological polar surface area (TPSA) is 42.0 Å². The molecule has 1 aromatic carbocycles. The first-order valence-corrected chi connectivity index (χ1v) is 7.58. The van der Waals surface area contributed by atoms with Crippen LogP contribution in [0.3, 0.4) is 0 Å². The zero-order valence-corrected chi connectivity index (χ0v) is 12.7. The molecule has 1 aliphatic carbocycles. The molecule has 1 aromatic heterocycles. The molecule has 0 bridgehead atoms. The Morgan fingerprint density at radius 1 is 1.14 bits per heavy atom. The van der Waals surface area contributed by atoms with Gasteiger partial charge in [-0.3, -0.25) is 4.79 Å². The van der Waals surface area contributed by atoms with E-state index in [2.05, 4.69) is 10.3 Å². The summed E-state index contributed by atoms with van der Waals surface area (Å²) < 4.78 is 0. The van der Waals surface area contributed by atoms with Gasteiger partial charge in [0.25, 0.3) is 5.91 Å².